The number of halogens is 3. The molecule has 3 aromatic heterocycles. The second kappa shape index (κ2) is 9.44. The van der Waals surface area contributed by atoms with E-state index in [0.29, 0.717) is 41.9 Å². The number of aryl methyl sites for hydroxylation is 1. The zero-order valence-corrected chi connectivity index (χ0v) is 21.2. The van der Waals surface area contributed by atoms with Crippen molar-refractivity contribution in [3.63, 3.8) is 0 Å². The quantitative estimate of drug-likeness (QED) is 0.398. The zero-order valence-electron chi connectivity index (χ0n) is 21.2. The fraction of sp³-hybridized carbons (Fsp3) is 0.462. The number of nitrogens with zero attached hydrogens (tertiary/aromatic N) is 6. The third-order valence-corrected chi connectivity index (χ3v) is 7.77. The van der Waals surface area contributed by atoms with Gasteiger partial charge in [-0.05, 0) is 24.6 Å². The largest absolute Gasteiger partial charge is 0.433 e. The number of rotatable bonds is 6. The van der Waals surface area contributed by atoms with Gasteiger partial charge in [0.15, 0.2) is 0 Å². The molecule has 1 atom stereocenters. The van der Waals surface area contributed by atoms with Crippen LogP contribution in [0.1, 0.15) is 35.7 Å². The van der Waals surface area contributed by atoms with Crippen molar-refractivity contribution in [2.75, 3.05) is 39.4 Å². The highest BCUT2D eigenvalue weighted by atomic mass is 19.4. The van der Waals surface area contributed by atoms with E-state index in [-0.39, 0.29) is 11.5 Å². The summed E-state index contributed by atoms with van der Waals surface area (Å²) in [6, 6.07) is 8.62. The van der Waals surface area contributed by atoms with E-state index in [1.165, 1.54) is 0 Å². The molecule has 2 N–H and O–H groups in total. The van der Waals surface area contributed by atoms with E-state index in [0.717, 1.165) is 49.2 Å². The van der Waals surface area contributed by atoms with Crippen LogP contribution in [0.15, 0.2) is 36.7 Å². The molecule has 0 spiro atoms. The molecular formula is C26H29F3N8O. The molecule has 5 heterocycles. The number of H-pyrrole nitrogens is 1. The van der Waals surface area contributed by atoms with Gasteiger partial charge in [-0.1, -0.05) is 18.2 Å². The molecule has 38 heavy (non-hydrogen) atoms. The van der Waals surface area contributed by atoms with E-state index < -0.39 is 11.9 Å². The molecule has 200 valence electrons. The lowest BCUT2D eigenvalue weighted by atomic mass is 9.75. The van der Waals surface area contributed by atoms with Crippen LogP contribution in [0.3, 0.4) is 0 Å². The minimum absolute atomic E-state index is 0.288. The van der Waals surface area contributed by atoms with E-state index in [1.54, 1.807) is 6.33 Å². The fourth-order valence-electron chi connectivity index (χ4n) is 5.44. The summed E-state index contributed by atoms with van der Waals surface area (Å²) in [6.07, 6.45) is -2.27. The Bertz CT molecular complexity index is 1450. The van der Waals surface area contributed by atoms with Crippen molar-refractivity contribution in [1.82, 2.24) is 40.2 Å². The molecule has 2 saturated heterocycles. The van der Waals surface area contributed by atoms with Crippen LogP contribution in [0.4, 0.5) is 13.2 Å². The van der Waals surface area contributed by atoms with E-state index in [9.17, 15) is 13.2 Å². The van der Waals surface area contributed by atoms with Gasteiger partial charge in [0, 0.05) is 56.0 Å². The molecule has 1 aromatic carbocycles. The van der Waals surface area contributed by atoms with Gasteiger partial charge >= 0.3 is 6.18 Å². The standard InChI is InChI=1S/C26H29F3N8O/c1-16(37-8-6-30-7-9-37)22-24-19(11-20(32-22)26(27,28)29)23(34-35-24)17-4-3-5-18(10-17)25(13-38-14-25)12-21-33-31-15-36(21)2/h3-5,10-11,15-16,30H,6-9,12-14H2,1-2H3,(H,34,35)/t16-/m0/s1. The van der Waals surface area contributed by atoms with Crippen molar-refractivity contribution in [3.8, 4) is 11.3 Å². The van der Waals surface area contributed by atoms with Gasteiger partial charge in [0.2, 0.25) is 0 Å². The average Bonchev–Trinajstić information content (AvgIpc) is 3.51. The highest BCUT2D eigenvalue weighted by molar-refractivity contribution is 5.94. The summed E-state index contributed by atoms with van der Waals surface area (Å²) < 4.78 is 49.5. The summed E-state index contributed by atoms with van der Waals surface area (Å²) in [5.41, 5.74) is 1.93. The first-order chi connectivity index (χ1) is 18.2. The van der Waals surface area contributed by atoms with Crippen LogP contribution in [-0.4, -0.2) is 74.2 Å². The molecule has 9 nitrogen and oxygen atoms in total. The molecule has 0 saturated carbocycles. The highest BCUT2D eigenvalue weighted by Crippen LogP contribution is 2.40. The van der Waals surface area contributed by atoms with E-state index in [1.807, 2.05) is 42.8 Å². The molecule has 2 aliphatic rings. The van der Waals surface area contributed by atoms with Crippen LogP contribution in [-0.2, 0) is 29.8 Å². The second-order valence-corrected chi connectivity index (χ2v) is 10.2. The summed E-state index contributed by atoms with van der Waals surface area (Å²) in [5, 5.41) is 19.4. The molecule has 2 aliphatic heterocycles. The van der Waals surface area contributed by atoms with Crippen molar-refractivity contribution >= 4 is 10.9 Å². The van der Waals surface area contributed by atoms with E-state index in [4.69, 9.17) is 4.74 Å². The number of piperazine rings is 1. The Balaban J connectivity index is 1.43. The van der Waals surface area contributed by atoms with Crippen LogP contribution in [0, 0.1) is 0 Å². The minimum atomic E-state index is -4.58. The molecule has 0 unspecified atom stereocenters. The van der Waals surface area contributed by atoms with Crippen molar-refractivity contribution < 1.29 is 17.9 Å². The fourth-order valence-corrected chi connectivity index (χ4v) is 5.44. The van der Waals surface area contributed by atoms with Gasteiger partial charge in [-0.25, -0.2) is 4.98 Å². The molecule has 2 fully saturated rings. The van der Waals surface area contributed by atoms with Crippen LogP contribution in [0.25, 0.3) is 22.2 Å². The maximum Gasteiger partial charge on any atom is 0.433 e. The van der Waals surface area contributed by atoms with Gasteiger partial charge < -0.3 is 14.6 Å². The molecule has 0 bridgehead atoms. The number of pyridine rings is 1. The summed E-state index contributed by atoms with van der Waals surface area (Å²) in [7, 11) is 1.90. The maximum atomic E-state index is 14.0. The topological polar surface area (TPSA) is 96.8 Å². The lowest BCUT2D eigenvalue weighted by molar-refractivity contribution is -0.141. The Hall–Kier alpha value is -3.35. The molecule has 12 heteroatoms. The molecule has 0 amide bonds. The Morgan fingerprint density at radius 2 is 1.95 bits per heavy atom. The number of aromatic nitrogens is 6. The third-order valence-electron chi connectivity index (χ3n) is 7.77. The van der Waals surface area contributed by atoms with E-state index >= 15 is 0 Å². The first-order valence-electron chi connectivity index (χ1n) is 12.7. The maximum absolute atomic E-state index is 14.0. The molecule has 6 rings (SSSR count). The predicted molar refractivity (Wildman–Crippen MR) is 134 cm³/mol. The van der Waals surface area contributed by atoms with Gasteiger partial charge in [0.1, 0.15) is 23.5 Å². The minimum Gasteiger partial charge on any atom is -0.379 e. The van der Waals surface area contributed by atoms with Gasteiger partial charge in [-0.15, -0.1) is 10.2 Å². The number of hydrogen-bond acceptors (Lipinski definition) is 7. The van der Waals surface area contributed by atoms with Crippen LogP contribution < -0.4 is 5.32 Å². The zero-order chi connectivity index (χ0) is 26.5. The number of aromatic amines is 1. The average molecular weight is 527 g/mol. The van der Waals surface area contributed by atoms with Crippen LogP contribution >= 0.6 is 0 Å². The number of nitrogens with one attached hydrogen (secondary N) is 2. The van der Waals surface area contributed by atoms with Crippen molar-refractivity contribution in [2.45, 2.75) is 31.0 Å². The van der Waals surface area contributed by atoms with Gasteiger partial charge in [-0.2, -0.15) is 18.3 Å². The number of ether oxygens (including phenoxy) is 1. The lowest BCUT2D eigenvalue weighted by Gasteiger charge is -2.41. The first-order valence-corrected chi connectivity index (χ1v) is 12.7. The summed E-state index contributed by atoms with van der Waals surface area (Å²) >= 11 is 0. The monoisotopic (exact) mass is 526 g/mol. The Labute approximate surface area is 217 Å². The number of alkyl halides is 3. The molecule has 0 radical (unpaired) electrons. The third kappa shape index (κ3) is 4.36. The molecular weight excluding hydrogens is 497 g/mol. The Morgan fingerprint density at radius 3 is 2.61 bits per heavy atom. The van der Waals surface area contributed by atoms with Gasteiger partial charge in [0.05, 0.1) is 30.5 Å². The summed E-state index contributed by atoms with van der Waals surface area (Å²) in [6.45, 7) is 6.00. The summed E-state index contributed by atoms with van der Waals surface area (Å²) in [5.74, 6) is 0.844. The normalized spacial score (nSPS) is 19.0. The van der Waals surface area contributed by atoms with Crippen LogP contribution in [0.5, 0.6) is 0 Å². The lowest BCUT2D eigenvalue weighted by Crippen LogP contribution is -2.49. The molecule has 0 aliphatic carbocycles. The Morgan fingerprint density at radius 1 is 1.16 bits per heavy atom. The van der Waals surface area contributed by atoms with E-state index in [2.05, 4.69) is 35.6 Å². The van der Waals surface area contributed by atoms with Crippen LogP contribution in [0.2, 0.25) is 0 Å². The smallest absolute Gasteiger partial charge is 0.379 e. The van der Waals surface area contributed by atoms with Crippen molar-refractivity contribution in [2.24, 2.45) is 7.05 Å². The number of fused-ring (bicyclic) bond motifs is 1. The van der Waals surface area contributed by atoms with Gasteiger partial charge in [0.25, 0.3) is 0 Å². The predicted octanol–water partition coefficient (Wildman–Crippen LogP) is 3.25. The second-order valence-electron chi connectivity index (χ2n) is 10.2. The first kappa shape index (κ1) is 25.0. The number of benzene rings is 1. The Kier molecular flexibility index (Phi) is 6.20. The molecule has 4 aromatic rings. The summed E-state index contributed by atoms with van der Waals surface area (Å²) in [4.78, 5) is 6.24. The van der Waals surface area contributed by atoms with Gasteiger partial charge in [-0.3, -0.25) is 10.00 Å². The number of hydrogen-bond donors (Lipinski definition) is 2. The van der Waals surface area contributed by atoms with Crippen molar-refractivity contribution in [3.05, 3.63) is 59.4 Å². The van der Waals surface area contributed by atoms with Crippen molar-refractivity contribution in [1.29, 1.82) is 0 Å². The SMILES string of the molecule is C[C@@H](c1nc(C(F)(F)F)cc2c(-c3cccc(C4(Cc5nncn5C)COC4)c3)n[nH]c12)N1CCNCC1. The highest BCUT2D eigenvalue weighted by Gasteiger charge is 2.42.